The average molecular weight is 954 g/mol. The average Bonchev–Trinajstić information content (AvgIpc) is 3.46. The molecular formula is C41H49ClN5O7Pt+. The molecule has 1 fully saturated rings. The number of hydrogen-bond acceptors (Lipinski definition) is 7. The van der Waals surface area contributed by atoms with Crippen LogP contribution in [0.25, 0.3) is 33.7 Å². The number of methoxy groups -OCH3 is 1. The van der Waals surface area contributed by atoms with Crippen molar-refractivity contribution in [3.05, 3.63) is 119 Å². The number of amides is 1. The van der Waals surface area contributed by atoms with Gasteiger partial charge in [0, 0.05) is 51.3 Å². The number of halogens is 1. The second-order valence-corrected chi connectivity index (χ2v) is 13.2. The molecule has 1 amide bonds. The van der Waals surface area contributed by atoms with Gasteiger partial charge in [0.15, 0.2) is 12.8 Å². The van der Waals surface area contributed by atoms with Gasteiger partial charge in [-0.2, -0.15) is 4.57 Å². The number of pyridine rings is 2. The van der Waals surface area contributed by atoms with Crippen LogP contribution in [0, 0.1) is 0 Å². The van der Waals surface area contributed by atoms with E-state index in [1.165, 1.54) is 24.8 Å². The van der Waals surface area contributed by atoms with E-state index in [9.17, 15) is 14.4 Å². The third-order valence-corrected chi connectivity index (χ3v) is 9.73. The molecule has 2 unspecified atom stereocenters. The largest absolute Gasteiger partial charge is 2.00 e. The summed E-state index contributed by atoms with van der Waals surface area (Å²) in [6.45, 7) is 4.10. The molecule has 3 heterocycles. The van der Waals surface area contributed by atoms with Gasteiger partial charge in [-0.25, -0.2) is 9.78 Å². The fourth-order valence-electron chi connectivity index (χ4n) is 6.82. The van der Waals surface area contributed by atoms with Crippen LogP contribution in [0.15, 0.2) is 91.3 Å². The molecule has 5 aromatic rings. The first-order valence-electron chi connectivity index (χ1n) is 17.6. The van der Waals surface area contributed by atoms with Crippen molar-refractivity contribution >= 4 is 57.4 Å². The molecule has 1 saturated carbocycles. The molecule has 12 nitrogen and oxygen atoms in total. The molecule has 2 aliphatic rings. The van der Waals surface area contributed by atoms with Gasteiger partial charge >= 0.3 is 27.0 Å². The van der Waals surface area contributed by atoms with Crippen molar-refractivity contribution in [3.63, 3.8) is 0 Å². The standard InChI is InChI=1S/C19H20ClNO2.C16H13N2O4.C6H12N.H2N.H2O.Pt/c1-4-16-12(2)21(18-10-9-15(23-3)11-17(16)18)19(22)13-5-7-14(20)8-6-13;19-11-21-9-14(20)22-10-18-8-2-4-13-6-5-12-3-1-7-17-15(12)16(13)18;7-6-4-2-1-3-5-6;;;/h5-12,16H,4H2,1-3H3;1-8,11H,9-10H2;6-7H,1-5H2;2*1H2;/q;+1;2*-1;;+2. The summed E-state index contributed by atoms with van der Waals surface area (Å²) in [6, 6.07) is 25.1. The van der Waals surface area contributed by atoms with Crippen molar-refractivity contribution in [2.24, 2.45) is 0 Å². The zero-order chi connectivity index (χ0) is 37.0. The van der Waals surface area contributed by atoms with Crippen LogP contribution in [-0.4, -0.2) is 54.6 Å². The van der Waals surface area contributed by atoms with Crippen LogP contribution in [0.5, 0.6) is 5.75 Å². The Morgan fingerprint density at radius 2 is 1.69 bits per heavy atom. The second-order valence-electron chi connectivity index (χ2n) is 12.8. The van der Waals surface area contributed by atoms with Gasteiger partial charge in [-0.05, 0) is 79.6 Å². The minimum Gasteiger partial charge on any atom is -0.693 e. The number of hydrogen-bond donors (Lipinski definition) is 0. The van der Waals surface area contributed by atoms with E-state index in [4.69, 9.17) is 26.8 Å². The zero-order valence-electron chi connectivity index (χ0n) is 31.2. The molecule has 3 aromatic carbocycles. The summed E-state index contributed by atoms with van der Waals surface area (Å²) in [5.74, 6) is 0.549. The van der Waals surface area contributed by atoms with Crippen molar-refractivity contribution in [3.8, 4) is 5.75 Å². The maximum Gasteiger partial charge on any atom is 2.00 e. The van der Waals surface area contributed by atoms with E-state index in [0.717, 1.165) is 52.5 Å². The predicted molar refractivity (Wildman–Crippen MR) is 211 cm³/mol. The van der Waals surface area contributed by atoms with Gasteiger partial charge in [-0.1, -0.05) is 62.8 Å². The Balaban J connectivity index is 0.000000309. The molecule has 0 bridgehead atoms. The molecule has 1 aliphatic carbocycles. The van der Waals surface area contributed by atoms with E-state index < -0.39 is 12.6 Å². The fraction of sp³-hybridized carbons (Fsp3) is 0.341. The van der Waals surface area contributed by atoms with Gasteiger partial charge < -0.3 is 36.5 Å². The van der Waals surface area contributed by atoms with Crippen molar-refractivity contribution in [1.82, 2.24) is 4.98 Å². The van der Waals surface area contributed by atoms with Crippen molar-refractivity contribution < 1.29 is 59.7 Å². The van der Waals surface area contributed by atoms with Gasteiger partial charge in [-0.15, -0.1) is 6.04 Å². The fourth-order valence-corrected chi connectivity index (χ4v) is 6.95. The molecule has 296 valence electrons. The number of carbonyl (C=O) groups is 3. The Kier molecular flexibility index (Phi) is 19.4. The van der Waals surface area contributed by atoms with Crippen LogP contribution in [-0.2, 0) is 46.9 Å². The molecule has 2 atom stereocenters. The number of nitrogens with zero attached hydrogens (tertiary/aromatic N) is 3. The molecule has 5 N–H and O–H groups in total. The third kappa shape index (κ3) is 11.8. The number of aromatic nitrogens is 2. The van der Waals surface area contributed by atoms with Crippen molar-refractivity contribution in [1.29, 1.82) is 0 Å². The number of nitrogens with one attached hydrogen (secondary N) is 1. The quantitative estimate of drug-likeness (QED) is 0.0645. The van der Waals surface area contributed by atoms with E-state index in [-0.39, 0.29) is 63.9 Å². The molecule has 0 radical (unpaired) electrons. The second kappa shape index (κ2) is 22.8. The topological polar surface area (TPSA) is 188 Å². The summed E-state index contributed by atoms with van der Waals surface area (Å²) in [5, 5.41) is 2.63. The maximum absolute atomic E-state index is 13.0. The van der Waals surface area contributed by atoms with E-state index in [1.54, 1.807) is 42.1 Å². The first kappa shape index (κ1) is 46.7. The summed E-state index contributed by atoms with van der Waals surface area (Å²) in [7, 11) is 1.66. The molecule has 1 aliphatic heterocycles. The monoisotopic (exact) mass is 953 g/mol. The maximum atomic E-state index is 13.0. The normalized spacial score (nSPS) is 15.6. The Bertz CT molecular complexity index is 2000. The van der Waals surface area contributed by atoms with Gasteiger partial charge in [0.2, 0.25) is 5.52 Å². The molecule has 55 heavy (non-hydrogen) atoms. The number of nitrogens with two attached hydrogens (primary N) is 1. The van der Waals surface area contributed by atoms with Crippen LogP contribution in [0.1, 0.15) is 74.2 Å². The number of fused-ring (bicyclic) bond motifs is 4. The van der Waals surface area contributed by atoms with Crippen molar-refractivity contribution in [2.75, 3.05) is 18.6 Å². The first-order valence-corrected chi connectivity index (χ1v) is 18.0. The minimum atomic E-state index is -0.607. The first-order chi connectivity index (χ1) is 25.2. The SMILES string of the molecule is CCC1c2cc(OC)ccc2N(C(=O)c2ccc(Cl)cc2)C1C.O.O=COCC(=O)OC[n+]1cccc2ccc3cccnc3c21.[NH-]C1CCCCC1.[NH2-].[Pt+2]. The number of esters is 1. The van der Waals surface area contributed by atoms with Crippen LogP contribution in [0.2, 0.25) is 5.02 Å². The van der Waals surface area contributed by atoms with Crippen LogP contribution >= 0.6 is 11.6 Å². The van der Waals surface area contributed by atoms with E-state index in [2.05, 4.69) is 29.6 Å². The molecule has 14 heteroatoms. The number of carbonyl (C=O) groups excluding carboxylic acids is 3. The summed E-state index contributed by atoms with van der Waals surface area (Å²) in [6.07, 6.45) is 10.8. The molecule has 0 saturated heterocycles. The summed E-state index contributed by atoms with van der Waals surface area (Å²) in [5.41, 5.74) is 11.8. The minimum absolute atomic E-state index is 0. The van der Waals surface area contributed by atoms with Gasteiger partial charge in [0.25, 0.3) is 19.1 Å². The molecular weight excluding hydrogens is 905 g/mol. The van der Waals surface area contributed by atoms with E-state index in [0.29, 0.717) is 16.5 Å². The Labute approximate surface area is 341 Å². The van der Waals surface area contributed by atoms with Gasteiger partial charge in [-0.3, -0.25) is 9.59 Å². The van der Waals surface area contributed by atoms with Crippen molar-refractivity contribution in [2.45, 2.75) is 77.1 Å². The summed E-state index contributed by atoms with van der Waals surface area (Å²) < 4.78 is 16.6. The summed E-state index contributed by atoms with van der Waals surface area (Å²) >= 11 is 5.93. The molecule has 7 rings (SSSR count). The van der Waals surface area contributed by atoms with E-state index in [1.807, 2.05) is 59.6 Å². The van der Waals surface area contributed by atoms with Gasteiger partial charge in [0.1, 0.15) is 11.3 Å². The van der Waals surface area contributed by atoms with Gasteiger partial charge in [0.05, 0.1) is 7.11 Å². The Morgan fingerprint density at radius 1 is 1.00 bits per heavy atom. The molecule has 2 aromatic heterocycles. The van der Waals surface area contributed by atoms with E-state index >= 15 is 0 Å². The third-order valence-electron chi connectivity index (χ3n) is 9.48. The molecule has 0 spiro atoms. The number of anilines is 1. The number of ether oxygens (including phenoxy) is 3. The van der Waals surface area contributed by atoms with Crippen LogP contribution in [0.4, 0.5) is 5.69 Å². The predicted octanol–water partition coefficient (Wildman–Crippen LogP) is 8.50. The van der Waals surface area contributed by atoms with Crippen LogP contribution < -0.4 is 14.2 Å². The Morgan fingerprint density at radius 3 is 2.33 bits per heavy atom. The zero-order valence-corrected chi connectivity index (χ0v) is 34.2. The number of benzene rings is 3. The summed E-state index contributed by atoms with van der Waals surface area (Å²) in [4.78, 5) is 40.8. The smallest absolute Gasteiger partial charge is 0.693 e. The Hall–Kier alpha value is -4.45. The van der Waals surface area contributed by atoms with Crippen LogP contribution in [0.3, 0.4) is 0 Å². The number of rotatable bonds is 8.